The number of carboxylic acid groups (broad SMARTS) is 1. The molecular formula is C28H35BrN4O6. The highest BCUT2D eigenvalue weighted by Gasteiger charge is 2.37. The quantitative estimate of drug-likeness (QED) is 0.389. The van der Waals surface area contributed by atoms with Gasteiger partial charge in [-0.1, -0.05) is 26.8 Å². The van der Waals surface area contributed by atoms with Crippen LogP contribution in [0.15, 0.2) is 30.3 Å². The molecule has 2 heterocycles. The van der Waals surface area contributed by atoms with Gasteiger partial charge in [-0.2, -0.15) is 0 Å². The number of fused-ring (bicyclic) bond motifs is 2. The molecule has 2 aliphatic rings. The Morgan fingerprint density at radius 2 is 1.87 bits per heavy atom. The second kappa shape index (κ2) is 11.7. The molecule has 1 atom stereocenters. The van der Waals surface area contributed by atoms with Crippen LogP contribution in [0, 0.1) is 5.41 Å². The van der Waals surface area contributed by atoms with Crippen molar-refractivity contribution >= 4 is 46.2 Å². The first-order valence-electron chi connectivity index (χ1n) is 12.6. The number of nitrogens with zero attached hydrogens (tertiary/aromatic N) is 2. The molecule has 10 nitrogen and oxygen atoms in total. The van der Waals surface area contributed by atoms with Crippen molar-refractivity contribution in [2.75, 3.05) is 44.8 Å². The minimum atomic E-state index is -0.967. The first kappa shape index (κ1) is 30.1. The van der Waals surface area contributed by atoms with E-state index >= 15 is 0 Å². The van der Waals surface area contributed by atoms with Crippen molar-refractivity contribution in [1.82, 2.24) is 10.2 Å². The van der Waals surface area contributed by atoms with E-state index in [0.717, 1.165) is 11.1 Å². The van der Waals surface area contributed by atoms with E-state index in [2.05, 4.69) is 5.32 Å². The van der Waals surface area contributed by atoms with Crippen LogP contribution < -0.4 is 15.0 Å². The lowest BCUT2D eigenvalue weighted by molar-refractivity contribution is -0.135. The summed E-state index contributed by atoms with van der Waals surface area (Å²) >= 11 is 0. The third-order valence-electron chi connectivity index (χ3n) is 6.75. The highest BCUT2D eigenvalue weighted by Crippen LogP contribution is 2.42. The molecule has 39 heavy (non-hydrogen) atoms. The molecule has 0 aromatic heterocycles. The third kappa shape index (κ3) is 5.94. The number of rotatable bonds is 8. The monoisotopic (exact) mass is 602 g/mol. The van der Waals surface area contributed by atoms with Gasteiger partial charge in [-0.05, 0) is 36.6 Å². The maximum atomic E-state index is 13.7. The Morgan fingerprint density at radius 3 is 2.49 bits per heavy atom. The number of carboxylic acids is 1. The minimum absolute atomic E-state index is 0. The van der Waals surface area contributed by atoms with E-state index in [4.69, 9.17) is 14.9 Å². The molecule has 4 rings (SSSR count). The van der Waals surface area contributed by atoms with Crippen LogP contribution in [0.1, 0.15) is 71.3 Å². The van der Waals surface area contributed by atoms with Crippen molar-refractivity contribution in [2.45, 2.75) is 39.3 Å². The highest BCUT2D eigenvalue weighted by atomic mass is 79.9. The summed E-state index contributed by atoms with van der Waals surface area (Å²) < 4.78 is 11.9. The van der Waals surface area contributed by atoms with Crippen molar-refractivity contribution in [3.05, 3.63) is 58.1 Å². The maximum absolute atomic E-state index is 13.7. The Kier molecular flexibility index (Phi) is 9.07. The van der Waals surface area contributed by atoms with Crippen LogP contribution in [0.25, 0.3) is 0 Å². The lowest BCUT2D eigenvalue weighted by atomic mass is 9.84. The Bertz CT molecular complexity index is 1310. The molecule has 11 heteroatoms. The van der Waals surface area contributed by atoms with Crippen molar-refractivity contribution in [1.29, 1.82) is 5.41 Å². The average molecular weight is 604 g/mol. The number of carbonyl (C=O) groups excluding carboxylic acids is 2. The maximum Gasteiger partial charge on any atom is 0.323 e. The van der Waals surface area contributed by atoms with Crippen LogP contribution >= 0.6 is 17.0 Å². The zero-order valence-corrected chi connectivity index (χ0v) is 24.5. The van der Waals surface area contributed by atoms with Gasteiger partial charge in [0.15, 0.2) is 12.0 Å². The van der Waals surface area contributed by atoms with Gasteiger partial charge in [0.2, 0.25) is 0 Å². The predicted molar refractivity (Wildman–Crippen MR) is 153 cm³/mol. The fourth-order valence-electron chi connectivity index (χ4n) is 4.87. The molecule has 0 aliphatic carbocycles. The van der Waals surface area contributed by atoms with Gasteiger partial charge in [-0.3, -0.25) is 19.8 Å². The molecule has 1 amide bonds. The van der Waals surface area contributed by atoms with Gasteiger partial charge in [-0.15, -0.1) is 17.0 Å². The third-order valence-corrected chi connectivity index (χ3v) is 6.75. The van der Waals surface area contributed by atoms with Gasteiger partial charge in [0.1, 0.15) is 24.7 Å². The van der Waals surface area contributed by atoms with E-state index in [1.54, 1.807) is 47.2 Å². The van der Waals surface area contributed by atoms with Crippen molar-refractivity contribution < 1.29 is 29.0 Å². The van der Waals surface area contributed by atoms with Crippen LogP contribution in [0.4, 0.5) is 5.69 Å². The number of aliphatic carboxylic acids is 1. The Labute approximate surface area is 238 Å². The van der Waals surface area contributed by atoms with Gasteiger partial charge in [0, 0.05) is 41.5 Å². The zero-order valence-electron chi connectivity index (χ0n) is 22.8. The summed E-state index contributed by atoms with van der Waals surface area (Å²) in [7, 11) is 1.54. The first-order chi connectivity index (χ1) is 18.0. The zero-order chi connectivity index (χ0) is 27.8. The number of amidine groups is 1. The van der Waals surface area contributed by atoms with Crippen LogP contribution in [-0.2, 0) is 14.9 Å². The van der Waals surface area contributed by atoms with E-state index in [1.807, 2.05) is 27.7 Å². The predicted octanol–water partition coefficient (Wildman–Crippen LogP) is 3.76. The van der Waals surface area contributed by atoms with Crippen LogP contribution in [0.2, 0.25) is 0 Å². The van der Waals surface area contributed by atoms with E-state index < -0.39 is 12.2 Å². The van der Waals surface area contributed by atoms with Gasteiger partial charge >= 0.3 is 5.97 Å². The summed E-state index contributed by atoms with van der Waals surface area (Å²) in [6, 6.07) is 8.57. The highest BCUT2D eigenvalue weighted by molar-refractivity contribution is 8.93. The van der Waals surface area contributed by atoms with E-state index in [1.165, 1.54) is 0 Å². The number of halogens is 1. The molecule has 0 spiro atoms. The number of hydrogen-bond donors (Lipinski definition) is 3. The van der Waals surface area contributed by atoms with Crippen molar-refractivity contribution in [3.63, 3.8) is 0 Å². The van der Waals surface area contributed by atoms with Crippen molar-refractivity contribution in [2.24, 2.45) is 0 Å². The molecule has 2 aromatic carbocycles. The number of benzene rings is 2. The first-order valence-corrected chi connectivity index (χ1v) is 12.6. The van der Waals surface area contributed by atoms with Crippen molar-refractivity contribution in [3.8, 4) is 5.75 Å². The van der Waals surface area contributed by atoms with Gasteiger partial charge in [-0.25, -0.2) is 0 Å². The van der Waals surface area contributed by atoms with Gasteiger partial charge < -0.3 is 29.7 Å². The molecule has 0 saturated carbocycles. The summed E-state index contributed by atoms with van der Waals surface area (Å²) in [4.78, 5) is 40.7. The fourth-order valence-corrected chi connectivity index (χ4v) is 4.87. The number of anilines is 1. The molecule has 210 valence electrons. The lowest BCUT2D eigenvalue weighted by Crippen LogP contribution is -2.38. The SMILES string of the molecule is Br.CCO[C@H]1c2ccc(C(=O)NC)cc2C(=N)N1CC(=O)c1cc2c(c(C(C)(C)C)c1)OCCN2CC(=O)O. The summed E-state index contributed by atoms with van der Waals surface area (Å²) in [5, 5.41) is 20.8. The van der Waals surface area contributed by atoms with Crippen LogP contribution in [0.3, 0.4) is 0 Å². The van der Waals surface area contributed by atoms with Crippen LogP contribution in [0.5, 0.6) is 5.75 Å². The summed E-state index contributed by atoms with van der Waals surface area (Å²) in [5.74, 6) is -0.780. The normalized spacial score (nSPS) is 16.1. The average Bonchev–Trinajstić information content (AvgIpc) is 3.12. The number of carbonyl (C=O) groups is 3. The topological polar surface area (TPSA) is 132 Å². The Balaban J connectivity index is 0.00000420. The molecule has 0 bridgehead atoms. The van der Waals surface area contributed by atoms with E-state index in [-0.39, 0.29) is 53.0 Å². The summed E-state index contributed by atoms with van der Waals surface area (Å²) in [6.07, 6.45) is -0.642. The molecule has 0 unspecified atom stereocenters. The largest absolute Gasteiger partial charge is 0.489 e. The second-order valence-electron chi connectivity index (χ2n) is 10.4. The standard InChI is InChI=1S/C28H34N4O6.BrH/c1-6-37-27-18-8-7-16(26(36)30-5)11-19(18)25(29)32(27)14-22(33)17-12-20(28(2,3)4)24-21(13-17)31(9-10-38-24)15-23(34)35;/h7-8,11-13,27,29H,6,9-10,14-15H2,1-5H3,(H,30,36)(H,34,35);1H/t27-;/m0./s1. The number of nitrogens with one attached hydrogen (secondary N) is 2. The molecule has 0 saturated heterocycles. The molecule has 0 radical (unpaired) electrons. The van der Waals surface area contributed by atoms with Gasteiger partial charge in [0.05, 0.1) is 18.8 Å². The lowest BCUT2D eigenvalue weighted by Gasteiger charge is -2.34. The summed E-state index contributed by atoms with van der Waals surface area (Å²) in [6.45, 7) is 8.67. The molecule has 2 aliphatic heterocycles. The molecule has 2 aromatic rings. The Hall–Kier alpha value is -3.44. The number of ketones is 1. The number of Topliss-reactive ketones (excluding diaryl/α,β-unsaturated/α-hetero) is 1. The molecular weight excluding hydrogens is 568 g/mol. The number of hydrogen-bond acceptors (Lipinski definition) is 7. The van der Waals surface area contributed by atoms with Crippen LogP contribution in [-0.4, -0.2) is 73.4 Å². The second-order valence-corrected chi connectivity index (χ2v) is 10.4. The summed E-state index contributed by atoms with van der Waals surface area (Å²) in [5.41, 5.74) is 3.10. The molecule has 0 fully saturated rings. The fraction of sp³-hybridized carbons (Fsp3) is 0.429. The minimum Gasteiger partial charge on any atom is -0.489 e. The van der Waals surface area contributed by atoms with Gasteiger partial charge in [0.25, 0.3) is 5.91 Å². The Morgan fingerprint density at radius 1 is 1.15 bits per heavy atom. The smallest absolute Gasteiger partial charge is 0.323 e. The van der Waals surface area contributed by atoms with E-state index in [0.29, 0.717) is 47.9 Å². The van der Waals surface area contributed by atoms with E-state index in [9.17, 15) is 19.5 Å². The molecule has 3 N–H and O–H groups in total. The number of amides is 1. The number of ether oxygens (including phenoxy) is 2.